The van der Waals surface area contributed by atoms with E-state index in [1.165, 1.54) is 32.8 Å². The largest absolute Gasteiger partial charge is 0.227 e. The molecule has 2 nitrogen and oxygen atoms in total. The normalized spacial score (nSPS) is 11.4. The summed E-state index contributed by atoms with van der Waals surface area (Å²) < 4.78 is 0. The zero-order valence-corrected chi connectivity index (χ0v) is 20.5. The Morgan fingerprint density at radius 2 is 1.03 bits per heavy atom. The molecule has 0 N–H and O–H groups in total. The summed E-state index contributed by atoms with van der Waals surface area (Å²) in [5.74, 6) is 0.738. The first-order valence-corrected chi connectivity index (χ1v) is 12.6. The molecule has 0 radical (unpaired) electrons. The van der Waals surface area contributed by atoms with Gasteiger partial charge in [-0.2, -0.15) is 0 Å². The number of nitrogens with zero attached hydrogens (tertiary/aromatic N) is 2. The molecule has 0 atom stereocenters. The summed E-state index contributed by atoms with van der Waals surface area (Å²) in [4.78, 5) is 10.3. The van der Waals surface area contributed by atoms with Gasteiger partial charge in [-0.05, 0) is 46.3 Å². The van der Waals surface area contributed by atoms with E-state index in [9.17, 15) is 0 Å². The Balaban J connectivity index is 1.44. The minimum Gasteiger partial charge on any atom is -0.227 e. The fourth-order valence-corrected chi connectivity index (χ4v) is 5.11. The molecule has 0 spiro atoms. The zero-order valence-electron chi connectivity index (χ0n) is 20.5. The summed E-state index contributed by atoms with van der Waals surface area (Å²) in [5.41, 5.74) is 7.70. The van der Waals surface area contributed by atoms with E-state index in [0.29, 0.717) is 0 Å². The summed E-state index contributed by atoms with van der Waals surface area (Å²) in [6.07, 6.45) is 0. The fraction of sp³-hybridized carbons (Fsp3) is 0.0286. The molecule has 6 aromatic carbocycles. The van der Waals surface area contributed by atoms with Gasteiger partial charge in [0.1, 0.15) is 0 Å². The molecule has 0 saturated carbocycles. The molecule has 1 heterocycles. The first-order chi connectivity index (χ1) is 18.2. The molecule has 1 aromatic heterocycles. The third kappa shape index (κ3) is 3.84. The van der Waals surface area contributed by atoms with Crippen LogP contribution in [0.15, 0.2) is 127 Å². The molecular formula is C35H24N2. The Morgan fingerprint density at radius 3 is 1.81 bits per heavy atom. The summed E-state index contributed by atoms with van der Waals surface area (Å²) in [7, 11) is 0. The van der Waals surface area contributed by atoms with Crippen molar-refractivity contribution in [1.82, 2.24) is 9.97 Å². The highest BCUT2D eigenvalue weighted by molar-refractivity contribution is 6.10. The quantitative estimate of drug-likeness (QED) is 0.240. The molecule has 37 heavy (non-hydrogen) atoms. The lowest BCUT2D eigenvalue weighted by molar-refractivity contribution is 1.23. The van der Waals surface area contributed by atoms with E-state index in [0.717, 1.165) is 38.9 Å². The third-order valence-corrected chi connectivity index (χ3v) is 7.14. The minimum absolute atomic E-state index is 0.738. The van der Waals surface area contributed by atoms with E-state index in [2.05, 4.69) is 134 Å². The standard InChI is InChI=1S/C35H24N2/c1-23-10-12-25(13-11-23)26-14-17-28(18-15-26)35-36-33(30-19-16-24-6-2-3-8-29(24)22-30)32-21-20-27-7-4-5-9-31(27)34(32)37-35/h2-22H,1H3. The molecule has 0 aliphatic rings. The molecule has 0 amide bonds. The van der Waals surface area contributed by atoms with Gasteiger partial charge in [0, 0.05) is 21.9 Å². The number of hydrogen-bond acceptors (Lipinski definition) is 2. The number of aromatic nitrogens is 2. The van der Waals surface area contributed by atoms with Crippen molar-refractivity contribution < 1.29 is 0 Å². The molecule has 2 heteroatoms. The van der Waals surface area contributed by atoms with Crippen LogP contribution in [0, 0.1) is 6.92 Å². The lowest BCUT2D eigenvalue weighted by Crippen LogP contribution is -1.96. The smallest absolute Gasteiger partial charge is 0.160 e. The molecule has 174 valence electrons. The summed E-state index contributed by atoms with van der Waals surface area (Å²) in [5, 5.41) is 5.81. The second kappa shape index (κ2) is 8.69. The topological polar surface area (TPSA) is 25.8 Å². The van der Waals surface area contributed by atoms with Gasteiger partial charge in [0.25, 0.3) is 0 Å². The average molecular weight is 473 g/mol. The van der Waals surface area contributed by atoms with Crippen LogP contribution >= 0.6 is 0 Å². The fourth-order valence-electron chi connectivity index (χ4n) is 5.11. The number of hydrogen-bond donors (Lipinski definition) is 0. The first kappa shape index (κ1) is 21.5. The molecule has 0 fully saturated rings. The summed E-state index contributed by atoms with van der Waals surface area (Å²) in [6, 6.07) is 45.0. The Hall–Kier alpha value is -4.82. The van der Waals surface area contributed by atoms with Crippen LogP contribution in [0.5, 0.6) is 0 Å². The van der Waals surface area contributed by atoms with Gasteiger partial charge >= 0.3 is 0 Å². The van der Waals surface area contributed by atoms with E-state index in [1.54, 1.807) is 0 Å². The molecule has 0 saturated heterocycles. The van der Waals surface area contributed by atoms with E-state index in [4.69, 9.17) is 9.97 Å². The molecule has 0 aliphatic heterocycles. The van der Waals surface area contributed by atoms with Crippen molar-refractivity contribution in [2.24, 2.45) is 0 Å². The SMILES string of the molecule is Cc1ccc(-c2ccc(-c3nc(-c4ccc5ccccc5c4)c4ccc5ccccc5c4n3)cc2)cc1. The van der Waals surface area contributed by atoms with Crippen molar-refractivity contribution in [3.8, 4) is 33.8 Å². The predicted molar refractivity (Wildman–Crippen MR) is 156 cm³/mol. The van der Waals surface area contributed by atoms with Crippen molar-refractivity contribution >= 4 is 32.4 Å². The van der Waals surface area contributed by atoms with Crippen molar-refractivity contribution in [1.29, 1.82) is 0 Å². The van der Waals surface area contributed by atoms with E-state index < -0.39 is 0 Å². The van der Waals surface area contributed by atoms with Gasteiger partial charge in [0.15, 0.2) is 5.82 Å². The maximum atomic E-state index is 5.16. The van der Waals surface area contributed by atoms with Gasteiger partial charge in [0.05, 0.1) is 11.2 Å². The van der Waals surface area contributed by atoms with Crippen molar-refractivity contribution in [3.05, 3.63) is 133 Å². The highest BCUT2D eigenvalue weighted by atomic mass is 14.9. The zero-order chi connectivity index (χ0) is 24.8. The van der Waals surface area contributed by atoms with Crippen molar-refractivity contribution in [2.75, 3.05) is 0 Å². The van der Waals surface area contributed by atoms with Crippen LogP contribution in [-0.2, 0) is 0 Å². The second-order valence-electron chi connectivity index (χ2n) is 9.58. The van der Waals surface area contributed by atoms with Crippen LogP contribution in [0.1, 0.15) is 5.56 Å². The van der Waals surface area contributed by atoms with Gasteiger partial charge in [-0.1, -0.05) is 121 Å². The van der Waals surface area contributed by atoms with Gasteiger partial charge in [-0.15, -0.1) is 0 Å². The summed E-state index contributed by atoms with van der Waals surface area (Å²) in [6.45, 7) is 2.11. The molecule has 0 unspecified atom stereocenters. The summed E-state index contributed by atoms with van der Waals surface area (Å²) >= 11 is 0. The van der Waals surface area contributed by atoms with Crippen LogP contribution in [0.4, 0.5) is 0 Å². The van der Waals surface area contributed by atoms with E-state index >= 15 is 0 Å². The molecule has 7 aromatic rings. The van der Waals surface area contributed by atoms with Crippen molar-refractivity contribution in [2.45, 2.75) is 6.92 Å². The Kier molecular flexibility index (Phi) is 5.04. The molecule has 0 aliphatic carbocycles. The number of benzene rings is 6. The van der Waals surface area contributed by atoms with Crippen LogP contribution in [0.25, 0.3) is 66.2 Å². The van der Waals surface area contributed by atoms with Crippen LogP contribution in [0.2, 0.25) is 0 Å². The number of rotatable bonds is 3. The van der Waals surface area contributed by atoms with Gasteiger partial charge in [0.2, 0.25) is 0 Å². The Labute approximate surface area is 215 Å². The lowest BCUT2D eigenvalue weighted by Gasteiger charge is -2.12. The maximum Gasteiger partial charge on any atom is 0.160 e. The Bertz CT molecular complexity index is 1920. The van der Waals surface area contributed by atoms with Crippen LogP contribution in [-0.4, -0.2) is 9.97 Å². The van der Waals surface area contributed by atoms with E-state index in [1.807, 2.05) is 0 Å². The van der Waals surface area contributed by atoms with Crippen LogP contribution in [0.3, 0.4) is 0 Å². The van der Waals surface area contributed by atoms with Crippen LogP contribution < -0.4 is 0 Å². The monoisotopic (exact) mass is 472 g/mol. The van der Waals surface area contributed by atoms with E-state index in [-0.39, 0.29) is 0 Å². The maximum absolute atomic E-state index is 5.16. The number of fused-ring (bicyclic) bond motifs is 4. The average Bonchev–Trinajstić information content (AvgIpc) is 2.97. The van der Waals surface area contributed by atoms with Gasteiger partial charge in [-0.25, -0.2) is 9.97 Å². The number of aryl methyl sites for hydroxylation is 1. The van der Waals surface area contributed by atoms with Gasteiger partial charge < -0.3 is 0 Å². The molecule has 0 bridgehead atoms. The molecular weight excluding hydrogens is 448 g/mol. The Morgan fingerprint density at radius 1 is 0.432 bits per heavy atom. The predicted octanol–water partition coefficient (Wildman–Crippen LogP) is 9.25. The third-order valence-electron chi connectivity index (χ3n) is 7.14. The van der Waals surface area contributed by atoms with Gasteiger partial charge in [-0.3, -0.25) is 0 Å². The lowest BCUT2D eigenvalue weighted by atomic mass is 9.99. The second-order valence-corrected chi connectivity index (χ2v) is 9.58. The minimum atomic E-state index is 0.738. The van der Waals surface area contributed by atoms with Crippen molar-refractivity contribution in [3.63, 3.8) is 0 Å². The first-order valence-electron chi connectivity index (χ1n) is 12.6. The molecule has 7 rings (SSSR count). The highest BCUT2D eigenvalue weighted by Gasteiger charge is 2.14. The highest BCUT2D eigenvalue weighted by Crippen LogP contribution is 2.34.